The maximum Gasteiger partial charge on any atom is 0.638 e. The van der Waals surface area contributed by atoms with Gasteiger partial charge in [0.15, 0.2) is 0 Å². The van der Waals surface area contributed by atoms with E-state index in [1.54, 1.807) is 38.1 Å². The van der Waals surface area contributed by atoms with Crippen molar-refractivity contribution in [1.82, 2.24) is 0 Å². The minimum atomic E-state index is -1.73. The van der Waals surface area contributed by atoms with E-state index >= 15 is 0 Å². The van der Waals surface area contributed by atoms with Gasteiger partial charge in [-0.1, -0.05) is 36.4 Å². The van der Waals surface area contributed by atoms with Gasteiger partial charge in [-0.2, -0.15) is 0 Å². The number of hydrogen-bond acceptors (Lipinski definition) is 5. The molecule has 2 N–H and O–H groups in total. The number of aryl methyl sites for hydroxylation is 2. The summed E-state index contributed by atoms with van der Waals surface area (Å²) in [5, 5.41) is 17.3. The van der Waals surface area contributed by atoms with Gasteiger partial charge in [0.25, 0.3) is 0 Å². The summed E-state index contributed by atoms with van der Waals surface area (Å²) in [4.78, 5) is 0. The fourth-order valence-corrected chi connectivity index (χ4v) is 1.71. The summed E-state index contributed by atoms with van der Waals surface area (Å²) < 4.78 is 39.1. The molecule has 0 aliphatic heterocycles. The molecule has 0 fully saturated rings. The van der Waals surface area contributed by atoms with Gasteiger partial charge in [-0.15, -0.1) is 0 Å². The van der Waals surface area contributed by atoms with Gasteiger partial charge >= 0.3 is 14.4 Å². The van der Waals surface area contributed by atoms with Crippen molar-refractivity contribution in [2.75, 3.05) is 21.3 Å². The molecule has 0 saturated carbocycles. The van der Waals surface area contributed by atoms with Crippen LogP contribution in [-0.4, -0.2) is 45.8 Å². The lowest BCUT2D eigenvalue weighted by atomic mass is 9.79. The molecule has 26 heavy (non-hydrogen) atoms. The molecule has 9 heteroatoms. The van der Waals surface area contributed by atoms with E-state index in [2.05, 4.69) is 14.0 Å². The number of rotatable bonds is 4. The largest absolute Gasteiger partial charge is 0.638 e. The molecule has 0 saturated heterocycles. The normalized spacial score (nSPS) is 9.42. The van der Waals surface area contributed by atoms with E-state index in [9.17, 15) is 8.78 Å². The van der Waals surface area contributed by atoms with Crippen LogP contribution in [0.4, 0.5) is 8.78 Å². The zero-order valence-electron chi connectivity index (χ0n) is 15.6. The van der Waals surface area contributed by atoms with Gasteiger partial charge in [0.1, 0.15) is 11.6 Å². The first kappa shape index (κ1) is 24.2. The summed E-state index contributed by atoms with van der Waals surface area (Å²) in [6.07, 6.45) is 0. The molecule has 0 heterocycles. The predicted molar refractivity (Wildman–Crippen MR) is 98.9 cm³/mol. The first-order valence-corrected chi connectivity index (χ1v) is 7.69. The fourth-order valence-electron chi connectivity index (χ4n) is 1.71. The second-order valence-electron chi connectivity index (χ2n) is 5.10. The lowest BCUT2D eigenvalue weighted by Crippen LogP contribution is -2.33. The Kier molecular flexibility index (Phi) is 12.5. The minimum absolute atomic E-state index is 0.0787. The Balaban J connectivity index is 0.000000373. The van der Waals surface area contributed by atoms with Crippen molar-refractivity contribution >= 4 is 19.9 Å². The molecule has 5 nitrogen and oxygen atoms in total. The number of halogens is 2. The van der Waals surface area contributed by atoms with Crippen molar-refractivity contribution in [3.63, 3.8) is 0 Å². The maximum absolute atomic E-state index is 12.9. The van der Waals surface area contributed by atoms with Crippen LogP contribution < -0.4 is 5.46 Å². The van der Waals surface area contributed by atoms with Crippen LogP contribution in [-0.2, 0) is 14.0 Å². The third-order valence-corrected chi connectivity index (χ3v) is 3.15. The van der Waals surface area contributed by atoms with Gasteiger partial charge in [-0.05, 0) is 31.0 Å². The topological polar surface area (TPSA) is 68.2 Å². The molecule has 2 rings (SSSR count). The van der Waals surface area contributed by atoms with Gasteiger partial charge in [0, 0.05) is 26.8 Å². The van der Waals surface area contributed by atoms with Crippen molar-refractivity contribution < 1.29 is 32.8 Å². The molecular formula is C17H24B2F2O5. The Morgan fingerprint density at radius 1 is 0.769 bits per heavy atom. The molecular weight excluding hydrogens is 344 g/mol. The van der Waals surface area contributed by atoms with Crippen LogP contribution in [0.5, 0.6) is 0 Å². The van der Waals surface area contributed by atoms with E-state index in [0.717, 1.165) is 0 Å². The third-order valence-electron chi connectivity index (χ3n) is 3.15. The van der Waals surface area contributed by atoms with Gasteiger partial charge in [-0.25, -0.2) is 8.78 Å². The third kappa shape index (κ3) is 9.07. The molecule has 0 atom stereocenters. The summed E-state index contributed by atoms with van der Waals surface area (Å²) in [5.41, 5.74) is 1.04. The average Bonchev–Trinajstić information content (AvgIpc) is 2.62. The summed E-state index contributed by atoms with van der Waals surface area (Å²) in [7, 11) is 2.29. The molecule has 0 aromatic heterocycles. The Labute approximate surface area is 153 Å². The molecule has 0 spiro atoms. The standard InChI is InChI=1S/C7H8BFO2.C7H7F.C3H9BO3/c1-5-3-2-4-6(7(5)9)8(10)11;1-6-4-2-3-5-7(6)8;1-5-4(6-2)7-3/h2-4,10-11H,1H3;2-5H,1H3;1-3H3. The highest BCUT2D eigenvalue weighted by Crippen LogP contribution is 2.02. The van der Waals surface area contributed by atoms with Crippen molar-refractivity contribution in [3.05, 3.63) is 65.2 Å². The Bertz CT molecular complexity index is 614. The fraction of sp³-hybridized carbons (Fsp3) is 0.294. The smallest absolute Gasteiger partial charge is 0.423 e. The molecule has 0 aliphatic rings. The van der Waals surface area contributed by atoms with E-state index in [1.807, 2.05) is 6.07 Å². The van der Waals surface area contributed by atoms with E-state index in [1.165, 1.54) is 33.5 Å². The highest BCUT2D eigenvalue weighted by molar-refractivity contribution is 6.58. The number of benzene rings is 2. The lowest BCUT2D eigenvalue weighted by Gasteiger charge is -2.02. The molecule has 142 valence electrons. The van der Waals surface area contributed by atoms with E-state index in [4.69, 9.17) is 10.0 Å². The van der Waals surface area contributed by atoms with Crippen molar-refractivity contribution in [2.45, 2.75) is 13.8 Å². The first-order valence-electron chi connectivity index (χ1n) is 7.69. The Hall–Kier alpha value is -1.77. The quantitative estimate of drug-likeness (QED) is 0.807. The van der Waals surface area contributed by atoms with Gasteiger partial charge < -0.3 is 24.0 Å². The Morgan fingerprint density at radius 3 is 1.58 bits per heavy atom. The van der Waals surface area contributed by atoms with Crippen LogP contribution in [0, 0.1) is 25.5 Å². The first-order chi connectivity index (χ1) is 12.3. The second kappa shape index (κ2) is 13.4. The monoisotopic (exact) mass is 368 g/mol. The Morgan fingerprint density at radius 2 is 1.27 bits per heavy atom. The minimum Gasteiger partial charge on any atom is -0.423 e. The zero-order chi connectivity index (χ0) is 20.1. The summed E-state index contributed by atoms with van der Waals surface area (Å²) in [6, 6.07) is 11.2. The molecule has 0 amide bonds. The second-order valence-corrected chi connectivity index (χ2v) is 5.10. The van der Waals surface area contributed by atoms with Crippen molar-refractivity contribution in [3.8, 4) is 0 Å². The average molecular weight is 368 g/mol. The van der Waals surface area contributed by atoms with Gasteiger partial charge in [-0.3, -0.25) is 0 Å². The molecule has 0 bridgehead atoms. The summed E-state index contributed by atoms with van der Waals surface area (Å²) in [6.45, 7) is 3.32. The SMILES string of the molecule is COB(OC)OC.Cc1cccc(B(O)O)c1F.Cc1ccccc1F. The predicted octanol–water partition coefficient (Wildman–Crippen LogP) is 1.86. The van der Waals surface area contributed by atoms with E-state index in [0.29, 0.717) is 11.1 Å². The van der Waals surface area contributed by atoms with Crippen LogP contribution in [0.1, 0.15) is 11.1 Å². The highest BCUT2D eigenvalue weighted by Gasteiger charge is 2.16. The van der Waals surface area contributed by atoms with Crippen LogP contribution >= 0.6 is 0 Å². The van der Waals surface area contributed by atoms with Crippen molar-refractivity contribution in [1.29, 1.82) is 0 Å². The summed E-state index contributed by atoms with van der Waals surface area (Å²) >= 11 is 0. The highest BCUT2D eigenvalue weighted by atomic mass is 19.1. The molecule has 0 radical (unpaired) electrons. The molecule has 2 aromatic carbocycles. The van der Waals surface area contributed by atoms with Crippen molar-refractivity contribution in [2.24, 2.45) is 0 Å². The molecule has 2 aromatic rings. The maximum atomic E-state index is 12.9. The van der Waals surface area contributed by atoms with Crippen LogP contribution in [0.2, 0.25) is 0 Å². The van der Waals surface area contributed by atoms with Gasteiger partial charge in [0.2, 0.25) is 0 Å². The summed E-state index contributed by atoms with van der Waals surface area (Å²) in [5.74, 6) is -0.685. The lowest BCUT2D eigenvalue weighted by molar-refractivity contribution is 0.163. The van der Waals surface area contributed by atoms with Gasteiger partial charge in [0.05, 0.1) is 0 Å². The van der Waals surface area contributed by atoms with Crippen LogP contribution in [0.3, 0.4) is 0 Å². The van der Waals surface area contributed by atoms with E-state index < -0.39 is 20.3 Å². The molecule has 0 unspecified atom stereocenters. The van der Waals surface area contributed by atoms with Crippen LogP contribution in [0.15, 0.2) is 42.5 Å². The van der Waals surface area contributed by atoms with E-state index in [-0.39, 0.29) is 11.3 Å². The van der Waals surface area contributed by atoms with Crippen LogP contribution in [0.25, 0.3) is 0 Å². The number of hydrogen-bond donors (Lipinski definition) is 2. The zero-order valence-corrected chi connectivity index (χ0v) is 15.6. The molecule has 0 aliphatic carbocycles.